The number of halogens is 2. The van der Waals surface area contributed by atoms with Gasteiger partial charge >= 0.3 is 0 Å². The molecule has 2 rings (SSSR count). The fourth-order valence-corrected chi connectivity index (χ4v) is 2.71. The van der Waals surface area contributed by atoms with E-state index in [1.165, 1.54) is 0 Å². The van der Waals surface area contributed by atoms with Crippen molar-refractivity contribution in [1.29, 1.82) is 0 Å². The number of nitrogens with one attached hydrogen (secondary N) is 1. The third-order valence-electron chi connectivity index (χ3n) is 3.78. The van der Waals surface area contributed by atoms with Crippen LogP contribution < -0.4 is 5.32 Å². The van der Waals surface area contributed by atoms with Crippen LogP contribution in [0.2, 0.25) is 0 Å². The summed E-state index contributed by atoms with van der Waals surface area (Å²) in [5.41, 5.74) is 0.418. The first-order valence-corrected chi connectivity index (χ1v) is 7.45. The normalized spacial score (nSPS) is 18.0. The maximum atomic E-state index is 13.8. The molecule has 0 aliphatic heterocycles. The second-order valence-corrected chi connectivity index (χ2v) is 5.34. The van der Waals surface area contributed by atoms with Gasteiger partial charge in [0.05, 0.1) is 6.10 Å². The molecular weight excluding hydrogens is 260 g/mol. The van der Waals surface area contributed by atoms with Gasteiger partial charge in [-0.2, -0.15) is 0 Å². The van der Waals surface area contributed by atoms with Crippen molar-refractivity contribution in [2.24, 2.45) is 5.92 Å². The van der Waals surface area contributed by atoms with Crippen LogP contribution in [0.3, 0.4) is 0 Å². The summed E-state index contributed by atoms with van der Waals surface area (Å²) in [7, 11) is 0. The summed E-state index contributed by atoms with van der Waals surface area (Å²) >= 11 is 0. The monoisotopic (exact) mass is 283 g/mol. The smallest absolute Gasteiger partial charge is 0.162 e. The highest BCUT2D eigenvalue weighted by molar-refractivity contribution is 5.20. The number of likely N-dealkylation sites (N-methyl/N-ethyl adjacent to an activating group) is 1. The molecule has 112 valence electrons. The first-order chi connectivity index (χ1) is 9.67. The molecule has 0 amide bonds. The molecular formula is C16H23F2NO. The third-order valence-corrected chi connectivity index (χ3v) is 3.78. The van der Waals surface area contributed by atoms with Crippen LogP contribution in [0.15, 0.2) is 18.2 Å². The molecule has 0 aromatic heterocycles. The summed E-state index contributed by atoms with van der Waals surface area (Å²) in [6, 6.07) is 4.40. The lowest BCUT2D eigenvalue weighted by Crippen LogP contribution is -2.44. The average Bonchev–Trinajstić information content (AvgIpc) is 3.25. The average molecular weight is 283 g/mol. The highest BCUT2D eigenvalue weighted by Crippen LogP contribution is 2.36. The van der Waals surface area contributed by atoms with Crippen LogP contribution in [0.4, 0.5) is 8.78 Å². The van der Waals surface area contributed by atoms with Crippen LogP contribution >= 0.6 is 0 Å². The maximum Gasteiger partial charge on any atom is 0.162 e. The van der Waals surface area contributed by atoms with Crippen LogP contribution in [0.1, 0.15) is 32.3 Å². The Kier molecular flexibility index (Phi) is 5.49. The predicted octanol–water partition coefficient (Wildman–Crippen LogP) is 3.30. The first-order valence-electron chi connectivity index (χ1n) is 7.45. The van der Waals surface area contributed by atoms with Crippen molar-refractivity contribution in [3.63, 3.8) is 0 Å². The van der Waals surface area contributed by atoms with Gasteiger partial charge in [-0.15, -0.1) is 0 Å². The molecule has 0 spiro atoms. The van der Waals surface area contributed by atoms with E-state index in [9.17, 15) is 8.78 Å². The van der Waals surface area contributed by atoms with E-state index in [0.717, 1.165) is 25.5 Å². The molecule has 2 atom stereocenters. The molecule has 0 radical (unpaired) electrons. The zero-order valence-electron chi connectivity index (χ0n) is 12.2. The van der Waals surface area contributed by atoms with Gasteiger partial charge < -0.3 is 10.1 Å². The number of rotatable bonds is 8. The van der Waals surface area contributed by atoms with Gasteiger partial charge in [0.2, 0.25) is 0 Å². The largest absolute Gasteiger partial charge is 0.377 e. The van der Waals surface area contributed by atoms with Crippen LogP contribution in [-0.4, -0.2) is 25.3 Å². The molecule has 0 saturated heterocycles. The van der Waals surface area contributed by atoms with Crippen molar-refractivity contribution >= 4 is 0 Å². The van der Waals surface area contributed by atoms with Crippen LogP contribution in [-0.2, 0) is 11.2 Å². The van der Waals surface area contributed by atoms with Gasteiger partial charge in [0.15, 0.2) is 11.6 Å². The van der Waals surface area contributed by atoms with Gasteiger partial charge in [0.1, 0.15) is 0 Å². The van der Waals surface area contributed by atoms with Gasteiger partial charge in [-0.3, -0.25) is 0 Å². The molecule has 1 N–H and O–H groups in total. The Bertz CT molecular complexity index is 434. The van der Waals surface area contributed by atoms with E-state index in [2.05, 4.69) is 5.32 Å². The SMILES string of the molecule is CCNC(Cc1cccc(F)c1F)C(OCC)C1CC1. The molecule has 1 saturated carbocycles. The van der Waals surface area contributed by atoms with E-state index in [0.29, 0.717) is 24.5 Å². The van der Waals surface area contributed by atoms with E-state index in [-0.39, 0.29) is 12.1 Å². The summed E-state index contributed by atoms with van der Waals surface area (Å²) in [4.78, 5) is 0. The molecule has 2 nitrogen and oxygen atoms in total. The van der Waals surface area contributed by atoms with Crippen molar-refractivity contribution in [3.8, 4) is 0 Å². The number of ether oxygens (including phenoxy) is 1. The van der Waals surface area contributed by atoms with Gasteiger partial charge in [-0.1, -0.05) is 19.1 Å². The predicted molar refractivity (Wildman–Crippen MR) is 75.7 cm³/mol. The third kappa shape index (κ3) is 3.76. The Balaban J connectivity index is 2.13. The Morgan fingerprint density at radius 2 is 2.05 bits per heavy atom. The van der Waals surface area contributed by atoms with Crippen molar-refractivity contribution in [2.75, 3.05) is 13.2 Å². The quantitative estimate of drug-likeness (QED) is 0.790. The Labute approximate surface area is 119 Å². The van der Waals surface area contributed by atoms with Gasteiger partial charge in [-0.05, 0) is 50.3 Å². The molecule has 1 aromatic carbocycles. The van der Waals surface area contributed by atoms with E-state index >= 15 is 0 Å². The van der Waals surface area contributed by atoms with E-state index < -0.39 is 11.6 Å². The lowest BCUT2D eigenvalue weighted by molar-refractivity contribution is 0.0194. The molecule has 1 fully saturated rings. The fourth-order valence-electron chi connectivity index (χ4n) is 2.71. The lowest BCUT2D eigenvalue weighted by atomic mass is 9.97. The van der Waals surface area contributed by atoms with Crippen molar-refractivity contribution in [3.05, 3.63) is 35.4 Å². The molecule has 1 aromatic rings. The molecule has 0 bridgehead atoms. The van der Waals surface area contributed by atoms with Gasteiger partial charge in [0, 0.05) is 12.6 Å². The highest BCUT2D eigenvalue weighted by Gasteiger charge is 2.37. The minimum Gasteiger partial charge on any atom is -0.377 e. The van der Waals surface area contributed by atoms with E-state index in [1.54, 1.807) is 12.1 Å². The van der Waals surface area contributed by atoms with Gasteiger partial charge in [0.25, 0.3) is 0 Å². The second-order valence-electron chi connectivity index (χ2n) is 5.34. The minimum absolute atomic E-state index is 0.0312. The standard InChI is InChI=1S/C16H23F2NO/c1-3-19-14(16(20-4-2)11-8-9-11)10-12-6-5-7-13(17)15(12)18/h5-7,11,14,16,19H,3-4,8-10H2,1-2H3. The van der Waals surface area contributed by atoms with E-state index in [4.69, 9.17) is 4.74 Å². The molecule has 2 unspecified atom stereocenters. The number of hydrogen-bond acceptors (Lipinski definition) is 2. The van der Waals surface area contributed by atoms with Crippen LogP contribution in [0.5, 0.6) is 0 Å². The number of hydrogen-bond donors (Lipinski definition) is 1. The Morgan fingerprint density at radius 3 is 2.65 bits per heavy atom. The van der Waals surface area contributed by atoms with Crippen molar-refractivity contribution < 1.29 is 13.5 Å². The Morgan fingerprint density at radius 1 is 1.30 bits per heavy atom. The Hall–Kier alpha value is -1.00. The molecule has 4 heteroatoms. The first kappa shape index (κ1) is 15.4. The fraction of sp³-hybridized carbons (Fsp3) is 0.625. The topological polar surface area (TPSA) is 21.3 Å². The van der Waals surface area contributed by atoms with Crippen molar-refractivity contribution in [2.45, 2.75) is 45.3 Å². The zero-order chi connectivity index (χ0) is 14.5. The van der Waals surface area contributed by atoms with Crippen LogP contribution in [0.25, 0.3) is 0 Å². The van der Waals surface area contributed by atoms with Crippen molar-refractivity contribution in [1.82, 2.24) is 5.32 Å². The summed E-state index contributed by atoms with van der Waals surface area (Å²) < 4.78 is 33.0. The second kappa shape index (κ2) is 7.14. The van der Waals surface area contributed by atoms with Gasteiger partial charge in [-0.25, -0.2) is 8.78 Å². The summed E-state index contributed by atoms with van der Waals surface area (Å²) in [5, 5.41) is 3.37. The molecule has 1 aliphatic rings. The molecule has 0 heterocycles. The summed E-state index contributed by atoms with van der Waals surface area (Å²) in [6.07, 6.45) is 2.87. The highest BCUT2D eigenvalue weighted by atomic mass is 19.2. The van der Waals surface area contributed by atoms with E-state index in [1.807, 2.05) is 13.8 Å². The van der Waals surface area contributed by atoms with Crippen LogP contribution in [0, 0.1) is 17.6 Å². The summed E-state index contributed by atoms with van der Waals surface area (Å²) in [6.45, 7) is 5.43. The minimum atomic E-state index is -0.780. The molecule has 20 heavy (non-hydrogen) atoms. The number of benzene rings is 1. The zero-order valence-corrected chi connectivity index (χ0v) is 12.2. The molecule has 1 aliphatic carbocycles. The summed E-state index contributed by atoms with van der Waals surface area (Å²) in [5.74, 6) is -0.964. The maximum absolute atomic E-state index is 13.8. The lowest BCUT2D eigenvalue weighted by Gasteiger charge is -2.28.